The number of nitrogens with two attached hydrogens (primary N) is 1. The molecule has 0 aliphatic carbocycles. The van der Waals surface area contributed by atoms with Crippen LogP contribution in [0.3, 0.4) is 0 Å². The van der Waals surface area contributed by atoms with Crippen LogP contribution in [0.4, 0.5) is 5.69 Å². The van der Waals surface area contributed by atoms with E-state index in [9.17, 15) is 4.79 Å². The van der Waals surface area contributed by atoms with E-state index in [1.807, 2.05) is 0 Å². The fourth-order valence-corrected chi connectivity index (χ4v) is 2.86. The van der Waals surface area contributed by atoms with E-state index in [2.05, 4.69) is 20.8 Å². The number of carbonyl (C=O) groups excluding carboxylic acids is 1. The molecule has 106 valence electrons. The first kappa shape index (κ1) is 16.2. The van der Waals surface area contributed by atoms with Crippen LogP contribution in [0.25, 0.3) is 0 Å². The maximum Gasteiger partial charge on any atom is 0.339 e. The van der Waals surface area contributed by atoms with E-state index in [1.54, 1.807) is 30.8 Å². The standard InChI is InChI=1S/C14H20ClNO2S/c1-5-18-14(17)11-6-10(16)7-12(15)13(11)19-9(4)8(2)3/h6-9H,5,16H2,1-4H3. The molecule has 0 saturated carbocycles. The van der Waals surface area contributed by atoms with E-state index in [1.165, 1.54) is 0 Å². The highest BCUT2D eigenvalue weighted by atomic mass is 35.5. The van der Waals surface area contributed by atoms with E-state index in [0.717, 1.165) is 4.90 Å². The van der Waals surface area contributed by atoms with Gasteiger partial charge in [0.05, 0.1) is 17.2 Å². The van der Waals surface area contributed by atoms with Crippen molar-refractivity contribution in [1.82, 2.24) is 0 Å². The molecular weight excluding hydrogens is 282 g/mol. The van der Waals surface area contributed by atoms with Crippen LogP contribution in [-0.4, -0.2) is 17.8 Å². The molecule has 0 radical (unpaired) electrons. The SMILES string of the molecule is CCOC(=O)c1cc(N)cc(Cl)c1SC(C)C(C)C. The lowest BCUT2D eigenvalue weighted by molar-refractivity contribution is 0.0522. The van der Waals surface area contributed by atoms with Crippen molar-refractivity contribution in [3.63, 3.8) is 0 Å². The van der Waals surface area contributed by atoms with Crippen molar-refractivity contribution in [3.05, 3.63) is 22.7 Å². The topological polar surface area (TPSA) is 52.3 Å². The predicted octanol–water partition coefficient (Wildman–Crippen LogP) is 4.24. The lowest BCUT2D eigenvalue weighted by atomic mass is 10.1. The number of hydrogen-bond donors (Lipinski definition) is 1. The summed E-state index contributed by atoms with van der Waals surface area (Å²) in [5.41, 5.74) is 6.67. The molecule has 5 heteroatoms. The van der Waals surface area contributed by atoms with Gasteiger partial charge >= 0.3 is 5.97 Å². The number of benzene rings is 1. The number of rotatable bonds is 5. The van der Waals surface area contributed by atoms with Crippen LogP contribution in [0, 0.1) is 5.92 Å². The molecule has 3 nitrogen and oxygen atoms in total. The Kier molecular flexibility index (Phi) is 6.01. The van der Waals surface area contributed by atoms with Gasteiger partial charge in [-0.25, -0.2) is 4.79 Å². The Hall–Kier alpha value is -0.870. The molecule has 0 fully saturated rings. The second-order valence-electron chi connectivity index (χ2n) is 4.67. The summed E-state index contributed by atoms with van der Waals surface area (Å²) in [6, 6.07) is 3.29. The van der Waals surface area contributed by atoms with Crippen molar-refractivity contribution in [2.24, 2.45) is 5.92 Å². The molecule has 0 amide bonds. The van der Waals surface area contributed by atoms with Gasteiger partial charge in [0.25, 0.3) is 0 Å². The summed E-state index contributed by atoms with van der Waals surface area (Å²) < 4.78 is 5.05. The Morgan fingerprint density at radius 2 is 2.05 bits per heavy atom. The molecule has 1 rings (SSSR count). The van der Waals surface area contributed by atoms with Crippen molar-refractivity contribution in [2.45, 2.75) is 37.8 Å². The van der Waals surface area contributed by atoms with Crippen molar-refractivity contribution in [3.8, 4) is 0 Å². The van der Waals surface area contributed by atoms with E-state index in [4.69, 9.17) is 22.1 Å². The molecule has 0 spiro atoms. The van der Waals surface area contributed by atoms with Gasteiger partial charge in [0.15, 0.2) is 0 Å². The number of esters is 1. The first-order valence-electron chi connectivity index (χ1n) is 6.29. The van der Waals surface area contributed by atoms with Gasteiger partial charge in [0.1, 0.15) is 0 Å². The Morgan fingerprint density at radius 3 is 2.58 bits per heavy atom. The zero-order chi connectivity index (χ0) is 14.6. The van der Waals surface area contributed by atoms with Gasteiger partial charge in [0.2, 0.25) is 0 Å². The Bertz CT molecular complexity index is 463. The van der Waals surface area contributed by atoms with Crippen LogP contribution in [0.15, 0.2) is 17.0 Å². The lowest BCUT2D eigenvalue weighted by Gasteiger charge is -2.18. The maximum absolute atomic E-state index is 12.0. The van der Waals surface area contributed by atoms with E-state index >= 15 is 0 Å². The molecule has 0 bridgehead atoms. The van der Waals surface area contributed by atoms with Crippen LogP contribution >= 0.6 is 23.4 Å². The number of anilines is 1. The number of thioether (sulfide) groups is 1. The normalized spacial score (nSPS) is 12.5. The summed E-state index contributed by atoms with van der Waals surface area (Å²) in [6.07, 6.45) is 0. The van der Waals surface area contributed by atoms with Crippen LogP contribution in [0.2, 0.25) is 5.02 Å². The van der Waals surface area contributed by atoms with Crippen molar-refractivity contribution in [1.29, 1.82) is 0 Å². The molecule has 1 aromatic rings. The number of nitrogen functional groups attached to an aromatic ring is 1. The fraction of sp³-hybridized carbons (Fsp3) is 0.500. The number of hydrogen-bond acceptors (Lipinski definition) is 4. The van der Waals surface area contributed by atoms with E-state index in [0.29, 0.717) is 34.0 Å². The molecule has 0 heterocycles. The highest BCUT2D eigenvalue weighted by molar-refractivity contribution is 8.00. The molecule has 2 N–H and O–H groups in total. The van der Waals surface area contributed by atoms with Crippen molar-refractivity contribution >= 4 is 35.0 Å². The minimum absolute atomic E-state index is 0.328. The van der Waals surface area contributed by atoms with Gasteiger partial charge < -0.3 is 10.5 Å². The minimum atomic E-state index is -0.379. The van der Waals surface area contributed by atoms with Crippen molar-refractivity contribution in [2.75, 3.05) is 12.3 Å². The number of halogens is 1. The predicted molar refractivity (Wildman–Crippen MR) is 82.0 cm³/mol. The summed E-state index contributed by atoms with van der Waals surface area (Å²) in [4.78, 5) is 12.7. The largest absolute Gasteiger partial charge is 0.462 e. The monoisotopic (exact) mass is 301 g/mol. The third-order valence-electron chi connectivity index (χ3n) is 2.80. The molecule has 1 atom stereocenters. The first-order chi connectivity index (χ1) is 8.86. The van der Waals surface area contributed by atoms with Gasteiger partial charge in [-0.2, -0.15) is 0 Å². The molecular formula is C14H20ClNO2S. The molecule has 1 aromatic carbocycles. The molecule has 0 aliphatic heterocycles. The van der Waals surface area contributed by atoms with Gasteiger partial charge in [-0.3, -0.25) is 0 Å². The maximum atomic E-state index is 12.0. The van der Waals surface area contributed by atoms with Gasteiger partial charge in [0, 0.05) is 15.8 Å². The summed E-state index contributed by atoms with van der Waals surface area (Å²) in [5, 5.41) is 0.842. The average Bonchev–Trinajstić information content (AvgIpc) is 2.32. The second-order valence-corrected chi connectivity index (χ2v) is 6.46. The Morgan fingerprint density at radius 1 is 1.42 bits per heavy atom. The average molecular weight is 302 g/mol. The zero-order valence-electron chi connectivity index (χ0n) is 11.7. The van der Waals surface area contributed by atoms with Gasteiger partial charge in [-0.05, 0) is 25.0 Å². The molecule has 0 saturated heterocycles. The zero-order valence-corrected chi connectivity index (χ0v) is 13.3. The van der Waals surface area contributed by atoms with Crippen LogP contribution in [0.1, 0.15) is 38.1 Å². The third kappa shape index (κ3) is 4.32. The lowest BCUT2D eigenvalue weighted by Crippen LogP contribution is -2.11. The van der Waals surface area contributed by atoms with E-state index < -0.39 is 0 Å². The summed E-state index contributed by atoms with van der Waals surface area (Å²) >= 11 is 7.80. The van der Waals surface area contributed by atoms with Crippen LogP contribution < -0.4 is 5.73 Å². The van der Waals surface area contributed by atoms with E-state index in [-0.39, 0.29) is 5.97 Å². The molecule has 0 aliphatic rings. The third-order valence-corrected chi connectivity index (χ3v) is 4.81. The quantitative estimate of drug-likeness (QED) is 0.502. The highest BCUT2D eigenvalue weighted by Crippen LogP contribution is 2.37. The highest BCUT2D eigenvalue weighted by Gasteiger charge is 2.20. The summed E-state index contributed by atoms with van der Waals surface area (Å²) in [7, 11) is 0. The molecule has 1 unspecified atom stereocenters. The minimum Gasteiger partial charge on any atom is -0.462 e. The first-order valence-corrected chi connectivity index (χ1v) is 7.55. The Labute approximate surface area is 123 Å². The smallest absolute Gasteiger partial charge is 0.339 e. The van der Waals surface area contributed by atoms with Crippen LogP contribution in [-0.2, 0) is 4.74 Å². The fourth-order valence-electron chi connectivity index (χ4n) is 1.42. The number of ether oxygens (including phenoxy) is 1. The second kappa shape index (κ2) is 7.06. The van der Waals surface area contributed by atoms with Crippen LogP contribution in [0.5, 0.6) is 0 Å². The van der Waals surface area contributed by atoms with Gasteiger partial charge in [-0.15, -0.1) is 11.8 Å². The van der Waals surface area contributed by atoms with Gasteiger partial charge in [-0.1, -0.05) is 32.4 Å². The Balaban J connectivity index is 3.16. The van der Waals surface area contributed by atoms with Crippen molar-refractivity contribution < 1.29 is 9.53 Å². The molecule has 19 heavy (non-hydrogen) atoms. The summed E-state index contributed by atoms with van der Waals surface area (Å²) in [6.45, 7) is 8.47. The summed E-state index contributed by atoms with van der Waals surface area (Å²) in [5.74, 6) is 0.101. The molecule has 0 aromatic heterocycles. The number of carbonyl (C=O) groups is 1.